The summed E-state index contributed by atoms with van der Waals surface area (Å²) >= 11 is 0. The molecule has 1 aromatic heterocycles. The SMILES string of the molecule is Cc1cncc(C(O)c2ccc3c(c2)CCO3)c1. The summed E-state index contributed by atoms with van der Waals surface area (Å²) in [5.41, 5.74) is 3.95. The van der Waals surface area contributed by atoms with Crippen molar-refractivity contribution in [2.45, 2.75) is 19.4 Å². The van der Waals surface area contributed by atoms with Crippen LogP contribution in [0.25, 0.3) is 0 Å². The molecule has 2 aromatic rings. The van der Waals surface area contributed by atoms with E-state index in [2.05, 4.69) is 4.98 Å². The van der Waals surface area contributed by atoms with E-state index in [1.807, 2.05) is 31.2 Å². The van der Waals surface area contributed by atoms with Crippen LogP contribution >= 0.6 is 0 Å². The van der Waals surface area contributed by atoms with Crippen LogP contribution in [0.4, 0.5) is 0 Å². The van der Waals surface area contributed by atoms with Gasteiger partial charge in [0.1, 0.15) is 11.9 Å². The van der Waals surface area contributed by atoms with Crippen LogP contribution in [0.5, 0.6) is 5.75 Å². The molecule has 1 aromatic carbocycles. The van der Waals surface area contributed by atoms with Crippen molar-refractivity contribution < 1.29 is 9.84 Å². The molecule has 0 spiro atoms. The number of aryl methyl sites for hydroxylation is 1. The zero-order chi connectivity index (χ0) is 12.5. The lowest BCUT2D eigenvalue weighted by Gasteiger charge is -2.12. The number of fused-ring (bicyclic) bond motifs is 1. The van der Waals surface area contributed by atoms with Gasteiger partial charge in [0.15, 0.2) is 0 Å². The number of hydrogen-bond acceptors (Lipinski definition) is 3. The molecule has 0 bridgehead atoms. The zero-order valence-corrected chi connectivity index (χ0v) is 10.3. The molecule has 3 nitrogen and oxygen atoms in total. The molecule has 1 atom stereocenters. The predicted molar refractivity (Wildman–Crippen MR) is 68.7 cm³/mol. The standard InChI is InChI=1S/C15H15NO2/c1-10-6-13(9-16-8-10)15(17)12-2-3-14-11(7-12)4-5-18-14/h2-3,6-9,15,17H,4-5H2,1H3. The van der Waals surface area contributed by atoms with Gasteiger partial charge in [-0.25, -0.2) is 0 Å². The highest BCUT2D eigenvalue weighted by molar-refractivity contribution is 5.42. The van der Waals surface area contributed by atoms with E-state index >= 15 is 0 Å². The molecule has 0 radical (unpaired) electrons. The lowest BCUT2D eigenvalue weighted by atomic mass is 9.99. The predicted octanol–water partition coefficient (Wildman–Crippen LogP) is 2.41. The third-order valence-electron chi connectivity index (χ3n) is 3.24. The van der Waals surface area contributed by atoms with E-state index in [-0.39, 0.29) is 0 Å². The largest absolute Gasteiger partial charge is 0.493 e. The van der Waals surface area contributed by atoms with Crippen LogP contribution in [0.15, 0.2) is 36.7 Å². The third-order valence-corrected chi connectivity index (χ3v) is 3.24. The average Bonchev–Trinajstić information content (AvgIpc) is 2.85. The van der Waals surface area contributed by atoms with Crippen LogP contribution in [0.3, 0.4) is 0 Å². The number of pyridine rings is 1. The van der Waals surface area contributed by atoms with Crippen LogP contribution in [0.1, 0.15) is 28.4 Å². The number of rotatable bonds is 2. The van der Waals surface area contributed by atoms with Gasteiger partial charge in [0.2, 0.25) is 0 Å². The van der Waals surface area contributed by atoms with E-state index in [1.54, 1.807) is 12.4 Å². The smallest absolute Gasteiger partial charge is 0.122 e. The third kappa shape index (κ3) is 1.97. The summed E-state index contributed by atoms with van der Waals surface area (Å²) in [5, 5.41) is 10.4. The Hall–Kier alpha value is -1.87. The van der Waals surface area contributed by atoms with Crippen LogP contribution in [0.2, 0.25) is 0 Å². The quantitative estimate of drug-likeness (QED) is 0.878. The molecule has 1 aliphatic heterocycles. The van der Waals surface area contributed by atoms with Gasteiger partial charge in [-0.2, -0.15) is 0 Å². The Morgan fingerprint density at radius 3 is 2.94 bits per heavy atom. The van der Waals surface area contributed by atoms with Crippen molar-refractivity contribution in [3.05, 3.63) is 58.9 Å². The van der Waals surface area contributed by atoms with E-state index in [0.29, 0.717) is 0 Å². The summed E-state index contributed by atoms with van der Waals surface area (Å²) in [5.74, 6) is 0.938. The van der Waals surface area contributed by atoms with Gasteiger partial charge in [0.05, 0.1) is 6.61 Å². The molecule has 0 fully saturated rings. The lowest BCUT2D eigenvalue weighted by Crippen LogP contribution is -2.01. The molecule has 1 aliphatic rings. The van der Waals surface area contributed by atoms with Crippen molar-refractivity contribution in [3.8, 4) is 5.75 Å². The highest BCUT2D eigenvalue weighted by Gasteiger charge is 2.16. The van der Waals surface area contributed by atoms with Gasteiger partial charge in [-0.05, 0) is 35.7 Å². The molecule has 1 N–H and O–H groups in total. The van der Waals surface area contributed by atoms with Gasteiger partial charge in [0.25, 0.3) is 0 Å². The first-order valence-corrected chi connectivity index (χ1v) is 6.09. The van der Waals surface area contributed by atoms with Crippen molar-refractivity contribution in [2.75, 3.05) is 6.61 Å². The van der Waals surface area contributed by atoms with E-state index in [9.17, 15) is 5.11 Å². The maximum atomic E-state index is 10.4. The average molecular weight is 241 g/mol. The zero-order valence-electron chi connectivity index (χ0n) is 10.3. The molecule has 0 amide bonds. The fourth-order valence-corrected chi connectivity index (χ4v) is 2.30. The van der Waals surface area contributed by atoms with Crippen LogP contribution < -0.4 is 4.74 Å². The minimum atomic E-state index is -0.622. The summed E-state index contributed by atoms with van der Waals surface area (Å²) < 4.78 is 5.46. The maximum absolute atomic E-state index is 10.4. The Morgan fingerprint density at radius 2 is 2.11 bits per heavy atom. The van der Waals surface area contributed by atoms with Crippen LogP contribution in [0, 0.1) is 6.92 Å². The number of aliphatic hydroxyl groups excluding tert-OH is 1. The molecule has 0 saturated heterocycles. The molecular weight excluding hydrogens is 226 g/mol. The Kier molecular flexibility index (Phi) is 2.76. The van der Waals surface area contributed by atoms with Crippen LogP contribution in [-0.2, 0) is 6.42 Å². The van der Waals surface area contributed by atoms with Gasteiger partial charge in [0, 0.05) is 24.4 Å². The minimum absolute atomic E-state index is 0.622. The van der Waals surface area contributed by atoms with Crippen molar-refractivity contribution in [2.24, 2.45) is 0 Å². The molecule has 2 heterocycles. The van der Waals surface area contributed by atoms with Crippen molar-refractivity contribution in [3.63, 3.8) is 0 Å². The minimum Gasteiger partial charge on any atom is -0.493 e. The number of benzene rings is 1. The Morgan fingerprint density at radius 1 is 1.22 bits per heavy atom. The number of hydrogen-bond donors (Lipinski definition) is 1. The van der Waals surface area contributed by atoms with E-state index < -0.39 is 6.10 Å². The first-order chi connectivity index (χ1) is 8.74. The first kappa shape index (κ1) is 11.2. The second-order valence-corrected chi connectivity index (χ2v) is 4.66. The van der Waals surface area contributed by atoms with Gasteiger partial charge in [-0.3, -0.25) is 4.98 Å². The Bertz CT molecular complexity index is 580. The fraction of sp³-hybridized carbons (Fsp3) is 0.267. The number of aromatic nitrogens is 1. The van der Waals surface area contributed by atoms with E-state index in [4.69, 9.17) is 4.74 Å². The van der Waals surface area contributed by atoms with Crippen LogP contribution in [-0.4, -0.2) is 16.7 Å². The summed E-state index contributed by atoms with van der Waals surface area (Å²) in [6.07, 6.45) is 3.79. The summed E-state index contributed by atoms with van der Waals surface area (Å²) in [4.78, 5) is 4.12. The summed E-state index contributed by atoms with van der Waals surface area (Å²) in [7, 11) is 0. The van der Waals surface area contributed by atoms with Gasteiger partial charge < -0.3 is 9.84 Å². The monoisotopic (exact) mass is 241 g/mol. The first-order valence-electron chi connectivity index (χ1n) is 6.09. The van der Waals surface area contributed by atoms with Gasteiger partial charge >= 0.3 is 0 Å². The molecule has 0 aliphatic carbocycles. The molecule has 3 heteroatoms. The molecule has 18 heavy (non-hydrogen) atoms. The summed E-state index contributed by atoms with van der Waals surface area (Å²) in [6, 6.07) is 7.83. The number of nitrogens with zero attached hydrogens (tertiary/aromatic N) is 1. The number of aliphatic hydroxyl groups is 1. The Labute approximate surface area is 106 Å². The van der Waals surface area contributed by atoms with Crippen molar-refractivity contribution >= 4 is 0 Å². The topological polar surface area (TPSA) is 42.4 Å². The van der Waals surface area contributed by atoms with Crippen molar-refractivity contribution in [1.82, 2.24) is 4.98 Å². The molecule has 0 saturated carbocycles. The molecular formula is C15H15NO2. The second kappa shape index (κ2) is 4.42. The normalized spacial score (nSPS) is 15.0. The van der Waals surface area contributed by atoms with E-state index in [1.165, 1.54) is 5.56 Å². The fourth-order valence-electron chi connectivity index (χ4n) is 2.30. The Balaban J connectivity index is 1.95. The highest BCUT2D eigenvalue weighted by atomic mass is 16.5. The van der Waals surface area contributed by atoms with Gasteiger partial charge in [-0.15, -0.1) is 0 Å². The van der Waals surface area contributed by atoms with Crippen molar-refractivity contribution in [1.29, 1.82) is 0 Å². The summed E-state index contributed by atoms with van der Waals surface area (Å²) in [6.45, 7) is 2.71. The lowest BCUT2D eigenvalue weighted by molar-refractivity contribution is 0.219. The maximum Gasteiger partial charge on any atom is 0.122 e. The highest BCUT2D eigenvalue weighted by Crippen LogP contribution is 2.30. The molecule has 3 rings (SSSR count). The van der Waals surface area contributed by atoms with Gasteiger partial charge in [-0.1, -0.05) is 12.1 Å². The molecule has 92 valence electrons. The second-order valence-electron chi connectivity index (χ2n) is 4.66. The number of ether oxygens (including phenoxy) is 1. The van der Waals surface area contributed by atoms with E-state index in [0.717, 1.165) is 35.5 Å². The molecule has 1 unspecified atom stereocenters.